The molecule has 1 fully saturated rings. The second-order valence-electron chi connectivity index (χ2n) is 9.41. The van der Waals surface area contributed by atoms with E-state index < -0.39 is 5.97 Å². The molecule has 0 spiro atoms. The maximum absolute atomic E-state index is 13.4. The van der Waals surface area contributed by atoms with Crippen LogP contribution in [0.15, 0.2) is 48.5 Å². The third kappa shape index (κ3) is 7.64. The number of halogens is 1. The van der Waals surface area contributed by atoms with Gasteiger partial charge >= 0.3 is 11.9 Å². The highest BCUT2D eigenvalue weighted by molar-refractivity contribution is 6.02. The fourth-order valence-electron chi connectivity index (χ4n) is 4.76. The van der Waals surface area contributed by atoms with E-state index in [2.05, 4.69) is 5.32 Å². The van der Waals surface area contributed by atoms with Crippen molar-refractivity contribution >= 4 is 23.5 Å². The number of benzene rings is 2. The van der Waals surface area contributed by atoms with Crippen molar-refractivity contribution in [3.05, 3.63) is 65.2 Å². The molecule has 1 N–H and O–H groups in total. The highest BCUT2D eigenvalue weighted by Gasteiger charge is 2.41. The molecule has 1 aliphatic heterocycles. The van der Waals surface area contributed by atoms with Crippen LogP contribution in [-0.2, 0) is 25.6 Å². The van der Waals surface area contributed by atoms with Crippen LogP contribution >= 0.6 is 0 Å². The maximum atomic E-state index is 13.4. The van der Waals surface area contributed by atoms with E-state index in [0.717, 1.165) is 30.5 Å². The SMILES string of the molecule is COC(=O)c1cccc(C)c1NC(=O)C[N+]1(Cc2ccccc2)CCCC(C(=O)OC(C)C)C1.[Br-]. The Morgan fingerprint density at radius 1 is 1.09 bits per heavy atom. The Morgan fingerprint density at radius 3 is 2.46 bits per heavy atom. The van der Waals surface area contributed by atoms with Crippen molar-refractivity contribution in [2.24, 2.45) is 5.92 Å². The fraction of sp³-hybridized carbons (Fsp3) is 0.444. The van der Waals surface area contributed by atoms with Gasteiger partial charge in [-0.3, -0.25) is 9.59 Å². The van der Waals surface area contributed by atoms with Gasteiger partial charge in [0.25, 0.3) is 5.91 Å². The van der Waals surface area contributed by atoms with E-state index in [1.165, 1.54) is 7.11 Å². The number of carbonyl (C=O) groups is 3. The topological polar surface area (TPSA) is 81.7 Å². The van der Waals surface area contributed by atoms with Crippen LogP contribution in [0.3, 0.4) is 0 Å². The van der Waals surface area contributed by atoms with E-state index in [0.29, 0.717) is 28.8 Å². The van der Waals surface area contributed by atoms with E-state index in [9.17, 15) is 14.4 Å². The van der Waals surface area contributed by atoms with Crippen LogP contribution in [-0.4, -0.2) is 55.2 Å². The molecule has 8 heteroatoms. The highest BCUT2D eigenvalue weighted by atomic mass is 79.9. The number of ether oxygens (including phenoxy) is 2. The Labute approximate surface area is 218 Å². The lowest BCUT2D eigenvalue weighted by molar-refractivity contribution is -0.940. The van der Waals surface area contributed by atoms with Crippen molar-refractivity contribution in [1.29, 1.82) is 0 Å². The minimum atomic E-state index is -0.498. The Kier molecular flexibility index (Phi) is 10.5. The lowest BCUT2D eigenvalue weighted by Crippen LogP contribution is -3.00. The van der Waals surface area contributed by atoms with Crippen LogP contribution in [0, 0.1) is 12.8 Å². The van der Waals surface area contributed by atoms with Gasteiger partial charge in [-0.25, -0.2) is 4.79 Å². The zero-order valence-electron chi connectivity index (χ0n) is 20.9. The van der Waals surface area contributed by atoms with Gasteiger partial charge < -0.3 is 36.3 Å². The summed E-state index contributed by atoms with van der Waals surface area (Å²) < 4.78 is 10.8. The summed E-state index contributed by atoms with van der Waals surface area (Å²) in [5, 5.41) is 2.96. The van der Waals surface area contributed by atoms with Gasteiger partial charge in [0.1, 0.15) is 12.5 Å². The number of hydrogen-bond acceptors (Lipinski definition) is 5. The summed E-state index contributed by atoms with van der Waals surface area (Å²) in [4.78, 5) is 38.3. The first kappa shape index (κ1) is 28.5. The lowest BCUT2D eigenvalue weighted by Gasteiger charge is -2.43. The van der Waals surface area contributed by atoms with Crippen molar-refractivity contribution in [2.45, 2.75) is 46.3 Å². The number of quaternary nitrogens is 1. The Morgan fingerprint density at radius 2 is 1.80 bits per heavy atom. The van der Waals surface area contributed by atoms with Crippen LogP contribution in [0.4, 0.5) is 5.69 Å². The molecule has 3 rings (SSSR count). The minimum absolute atomic E-state index is 0. The number of aryl methyl sites for hydroxylation is 1. The number of hydrogen-bond donors (Lipinski definition) is 1. The standard InChI is InChI=1S/C27H34N2O5.BrH/c1-19(2)34-26(31)22-13-9-15-29(17-22,16-21-11-6-5-7-12-21)18-24(30)28-25-20(3)10-8-14-23(25)27(32)33-4;/h5-8,10-12,14,19,22H,9,13,15-18H2,1-4H3;1H. The van der Waals surface area contributed by atoms with E-state index in [4.69, 9.17) is 9.47 Å². The molecule has 0 bridgehead atoms. The van der Waals surface area contributed by atoms with Crippen molar-refractivity contribution in [1.82, 2.24) is 0 Å². The predicted molar refractivity (Wildman–Crippen MR) is 130 cm³/mol. The Hall–Kier alpha value is -2.71. The molecule has 7 nitrogen and oxygen atoms in total. The van der Waals surface area contributed by atoms with Crippen LogP contribution < -0.4 is 22.3 Å². The van der Waals surface area contributed by atoms with Crippen LogP contribution in [0.2, 0.25) is 0 Å². The molecule has 2 aromatic carbocycles. The van der Waals surface area contributed by atoms with Crippen molar-refractivity contribution in [3.63, 3.8) is 0 Å². The van der Waals surface area contributed by atoms with Gasteiger partial charge in [-0.15, -0.1) is 0 Å². The van der Waals surface area contributed by atoms with E-state index in [1.807, 2.05) is 57.2 Å². The molecule has 0 saturated carbocycles. The van der Waals surface area contributed by atoms with Gasteiger partial charge in [-0.1, -0.05) is 42.5 Å². The van der Waals surface area contributed by atoms with Gasteiger partial charge in [0.2, 0.25) is 0 Å². The number of methoxy groups -OCH3 is 1. The molecular formula is C27H35BrN2O5. The molecule has 2 atom stereocenters. The van der Waals surface area contributed by atoms with E-state index in [1.54, 1.807) is 12.1 Å². The Balaban J connectivity index is 0.00000432. The molecule has 0 radical (unpaired) electrons. The summed E-state index contributed by atoms with van der Waals surface area (Å²) in [5.74, 6) is -1.15. The number of nitrogens with zero attached hydrogens (tertiary/aromatic N) is 1. The van der Waals surface area contributed by atoms with Crippen molar-refractivity contribution in [3.8, 4) is 0 Å². The van der Waals surface area contributed by atoms with Gasteiger partial charge in [0.05, 0.1) is 37.6 Å². The first-order valence-electron chi connectivity index (χ1n) is 11.8. The summed E-state index contributed by atoms with van der Waals surface area (Å²) in [6.45, 7) is 7.68. The Bertz CT molecular complexity index is 1030. The maximum Gasteiger partial charge on any atom is 0.339 e. The van der Waals surface area contributed by atoms with Gasteiger partial charge in [-0.2, -0.15) is 0 Å². The number of piperidine rings is 1. The summed E-state index contributed by atoms with van der Waals surface area (Å²) in [7, 11) is 1.32. The molecule has 190 valence electrons. The average Bonchev–Trinajstić information content (AvgIpc) is 2.80. The zero-order chi connectivity index (χ0) is 24.7. The number of likely N-dealkylation sites (tertiary alicyclic amines) is 1. The predicted octanol–water partition coefficient (Wildman–Crippen LogP) is 1.10. The number of rotatable bonds is 8. The van der Waals surface area contributed by atoms with Gasteiger partial charge in [-0.05, 0) is 45.2 Å². The quantitative estimate of drug-likeness (QED) is 0.396. The van der Waals surface area contributed by atoms with Crippen molar-refractivity contribution in [2.75, 3.05) is 32.1 Å². The number of nitrogens with one attached hydrogen (secondary N) is 1. The molecule has 0 aliphatic carbocycles. The van der Waals surface area contributed by atoms with E-state index in [-0.39, 0.29) is 47.4 Å². The van der Waals surface area contributed by atoms with Crippen LogP contribution in [0.5, 0.6) is 0 Å². The monoisotopic (exact) mass is 546 g/mol. The molecule has 35 heavy (non-hydrogen) atoms. The number of amides is 1. The largest absolute Gasteiger partial charge is 1.00 e. The average molecular weight is 547 g/mol. The molecule has 1 saturated heterocycles. The van der Waals surface area contributed by atoms with Gasteiger partial charge in [0, 0.05) is 5.56 Å². The summed E-state index contributed by atoms with van der Waals surface area (Å²) in [5.41, 5.74) is 2.68. The van der Waals surface area contributed by atoms with Crippen LogP contribution in [0.25, 0.3) is 0 Å². The molecule has 0 aromatic heterocycles. The fourth-order valence-corrected chi connectivity index (χ4v) is 4.76. The lowest BCUT2D eigenvalue weighted by atomic mass is 9.94. The second kappa shape index (κ2) is 12.8. The second-order valence-corrected chi connectivity index (χ2v) is 9.41. The summed E-state index contributed by atoms with van der Waals surface area (Å²) in [6.07, 6.45) is 1.41. The third-order valence-electron chi connectivity index (χ3n) is 6.26. The van der Waals surface area contributed by atoms with Gasteiger partial charge in [0.15, 0.2) is 6.54 Å². The molecule has 2 aromatic rings. The normalized spacial score (nSPS) is 19.4. The smallest absolute Gasteiger partial charge is 0.339 e. The molecule has 1 amide bonds. The minimum Gasteiger partial charge on any atom is -1.00 e. The summed E-state index contributed by atoms with van der Waals surface area (Å²) in [6, 6.07) is 15.3. The first-order chi connectivity index (χ1) is 16.2. The van der Waals surface area contributed by atoms with Crippen LogP contribution in [0.1, 0.15) is 48.2 Å². The summed E-state index contributed by atoms with van der Waals surface area (Å²) >= 11 is 0. The number of carbonyl (C=O) groups excluding carboxylic acids is 3. The zero-order valence-corrected chi connectivity index (χ0v) is 22.5. The molecule has 1 heterocycles. The third-order valence-corrected chi connectivity index (χ3v) is 6.26. The molecule has 2 unspecified atom stereocenters. The molecule has 1 aliphatic rings. The number of anilines is 1. The number of para-hydroxylation sites is 1. The van der Waals surface area contributed by atoms with E-state index >= 15 is 0 Å². The first-order valence-corrected chi connectivity index (χ1v) is 11.8. The van der Waals surface area contributed by atoms with Crippen molar-refractivity contribution < 1.29 is 45.3 Å². The molecular weight excluding hydrogens is 512 g/mol. The highest BCUT2D eigenvalue weighted by Crippen LogP contribution is 2.29. The number of esters is 2.